The van der Waals surface area contributed by atoms with Crippen LogP contribution in [0.2, 0.25) is 0 Å². The van der Waals surface area contributed by atoms with E-state index in [1.807, 2.05) is 7.05 Å². The summed E-state index contributed by atoms with van der Waals surface area (Å²) in [4.78, 5) is 6.08. The molecule has 1 aliphatic rings. The van der Waals surface area contributed by atoms with Crippen molar-refractivity contribution in [3.8, 4) is 11.5 Å². The maximum absolute atomic E-state index is 10.7. The summed E-state index contributed by atoms with van der Waals surface area (Å²) in [5, 5.41) is 14.4. The van der Waals surface area contributed by atoms with Crippen molar-refractivity contribution in [2.45, 2.75) is 57.7 Å². The van der Waals surface area contributed by atoms with Crippen LogP contribution in [0.5, 0.6) is 11.5 Å². The third kappa shape index (κ3) is 6.44. The first-order valence-electron chi connectivity index (χ1n) is 11.0. The number of allylic oxidation sites excluding steroid dienone is 3. The van der Waals surface area contributed by atoms with Gasteiger partial charge in [0.15, 0.2) is 0 Å². The topological polar surface area (TPSA) is 135 Å². The second-order valence-electron chi connectivity index (χ2n) is 9.86. The van der Waals surface area contributed by atoms with Crippen LogP contribution >= 0.6 is 0 Å². The molecule has 1 aromatic carbocycles. The van der Waals surface area contributed by atoms with E-state index in [2.05, 4.69) is 42.9 Å². The van der Waals surface area contributed by atoms with Crippen molar-refractivity contribution < 1.29 is 9.84 Å². The molecular weight excluding hydrogens is 416 g/mol. The highest BCUT2D eigenvalue weighted by Crippen LogP contribution is 2.36. The van der Waals surface area contributed by atoms with Crippen LogP contribution in [0.4, 0.5) is 0 Å². The standard InChI is InChI=1S/C25H40N6O2/c1-24(2)12-18(13-25(3,4)30-24)31(6)22(28)9-8-19(27)23-20(32)10-16(11-21(23)33-7)17(14-26)15-29-5/h8-11,14-15,18,30,32H,12-13,26-28H2,1-7H3/b17-14?,19-8-,22-9+,29-15?. The van der Waals surface area contributed by atoms with Gasteiger partial charge in [0, 0.05) is 54.9 Å². The lowest BCUT2D eigenvalue weighted by atomic mass is 9.79. The number of piperidine rings is 1. The second kappa shape index (κ2) is 10.2. The maximum atomic E-state index is 10.7. The number of aromatic hydroxyl groups is 1. The SMILES string of the molecule is CN=CC(=CN)c1cc(O)c(/C(N)=C/C=C(\N)N(C)C2CC(C)(C)NC(C)(C)C2)c(OC)c1. The van der Waals surface area contributed by atoms with Gasteiger partial charge in [-0.25, -0.2) is 0 Å². The van der Waals surface area contributed by atoms with E-state index in [1.165, 1.54) is 13.3 Å². The van der Waals surface area contributed by atoms with Crippen molar-refractivity contribution in [1.82, 2.24) is 10.2 Å². The lowest BCUT2D eigenvalue weighted by Crippen LogP contribution is -2.61. The van der Waals surface area contributed by atoms with Gasteiger partial charge in [-0.1, -0.05) is 0 Å². The quantitative estimate of drug-likeness (QED) is 0.314. The molecule has 182 valence electrons. The Morgan fingerprint density at radius 2 is 1.79 bits per heavy atom. The van der Waals surface area contributed by atoms with Gasteiger partial charge in [0.1, 0.15) is 11.5 Å². The molecule has 0 atom stereocenters. The first-order valence-corrected chi connectivity index (χ1v) is 11.0. The zero-order valence-corrected chi connectivity index (χ0v) is 20.9. The Morgan fingerprint density at radius 3 is 2.30 bits per heavy atom. The van der Waals surface area contributed by atoms with E-state index in [9.17, 15) is 5.11 Å². The Balaban J connectivity index is 2.34. The Morgan fingerprint density at radius 1 is 1.18 bits per heavy atom. The van der Waals surface area contributed by atoms with E-state index in [0.29, 0.717) is 34.0 Å². The van der Waals surface area contributed by atoms with E-state index in [4.69, 9.17) is 21.9 Å². The minimum atomic E-state index is -0.0240. The molecule has 0 aromatic heterocycles. The second-order valence-corrected chi connectivity index (χ2v) is 9.86. The molecule has 0 radical (unpaired) electrons. The first kappa shape index (κ1) is 26.1. The summed E-state index contributed by atoms with van der Waals surface area (Å²) in [5.41, 5.74) is 20.5. The van der Waals surface area contributed by atoms with Crippen LogP contribution in [0.25, 0.3) is 11.3 Å². The number of nitrogens with zero attached hydrogens (tertiary/aromatic N) is 2. The summed E-state index contributed by atoms with van der Waals surface area (Å²) in [5.74, 6) is 0.993. The molecule has 2 rings (SSSR count). The van der Waals surface area contributed by atoms with E-state index in [1.54, 1.807) is 37.5 Å². The highest BCUT2D eigenvalue weighted by molar-refractivity contribution is 6.10. The highest BCUT2D eigenvalue weighted by Gasteiger charge is 2.39. The van der Waals surface area contributed by atoms with Crippen molar-refractivity contribution in [2.75, 3.05) is 21.2 Å². The van der Waals surface area contributed by atoms with Gasteiger partial charge < -0.3 is 37.3 Å². The number of hydrogen-bond acceptors (Lipinski definition) is 8. The lowest BCUT2D eigenvalue weighted by Gasteiger charge is -2.49. The van der Waals surface area contributed by atoms with Crippen LogP contribution in [-0.2, 0) is 0 Å². The van der Waals surface area contributed by atoms with E-state index in [-0.39, 0.29) is 22.9 Å². The number of hydrogen-bond donors (Lipinski definition) is 5. The summed E-state index contributed by atoms with van der Waals surface area (Å²) in [6, 6.07) is 3.62. The molecule has 8 N–H and O–H groups in total. The van der Waals surface area contributed by atoms with Crippen LogP contribution in [0.1, 0.15) is 51.7 Å². The molecule has 1 fully saturated rings. The molecule has 0 bridgehead atoms. The summed E-state index contributed by atoms with van der Waals surface area (Å²) >= 11 is 0. The van der Waals surface area contributed by atoms with Crippen molar-refractivity contribution in [3.63, 3.8) is 0 Å². The molecule has 0 amide bonds. The molecule has 0 saturated carbocycles. The molecule has 0 spiro atoms. The molecule has 1 heterocycles. The molecule has 0 unspecified atom stereocenters. The summed E-state index contributed by atoms with van der Waals surface area (Å²) < 4.78 is 5.49. The smallest absolute Gasteiger partial charge is 0.132 e. The normalized spacial score (nSPS) is 19.7. The van der Waals surface area contributed by atoms with Crippen LogP contribution in [0, 0.1) is 0 Å². The number of phenolic OH excluding ortho intramolecular Hbond substituents is 1. The van der Waals surface area contributed by atoms with Crippen LogP contribution < -0.4 is 27.3 Å². The summed E-state index contributed by atoms with van der Waals surface area (Å²) in [6.45, 7) is 8.84. The van der Waals surface area contributed by atoms with Crippen molar-refractivity contribution in [2.24, 2.45) is 22.2 Å². The Hall–Kier alpha value is -3.13. The van der Waals surface area contributed by atoms with Crippen LogP contribution in [-0.4, -0.2) is 54.5 Å². The molecular formula is C25H40N6O2. The third-order valence-electron chi connectivity index (χ3n) is 5.93. The third-order valence-corrected chi connectivity index (χ3v) is 5.93. The average Bonchev–Trinajstić information content (AvgIpc) is 2.72. The molecule has 8 nitrogen and oxygen atoms in total. The molecule has 1 aliphatic heterocycles. The van der Waals surface area contributed by atoms with Gasteiger partial charge in [0.2, 0.25) is 0 Å². The number of phenols is 1. The van der Waals surface area contributed by atoms with Crippen molar-refractivity contribution in [1.29, 1.82) is 0 Å². The van der Waals surface area contributed by atoms with Gasteiger partial charge in [-0.05, 0) is 70.4 Å². The van der Waals surface area contributed by atoms with Crippen LogP contribution in [0.15, 0.2) is 41.3 Å². The molecule has 33 heavy (non-hydrogen) atoms. The van der Waals surface area contributed by atoms with Gasteiger partial charge in [-0.15, -0.1) is 0 Å². The Labute approximate surface area is 197 Å². The maximum Gasteiger partial charge on any atom is 0.132 e. The number of rotatable bonds is 7. The fraction of sp³-hybridized carbons (Fsp3) is 0.480. The summed E-state index contributed by atoms with van der Waals surface area (Å²) in [7, 11) is 5.17. The summed E-state index contributed by atoms with van der Waals surface area (Å²) in [6.07, 6.45) is 8.41. The first-order chi connectivity index (χ1) is 15.3. The fourth-order valence-corrected chi connectivity index (χ4v) is 4.70. The Kier molecular flexibility index (Phi) is 8.08. The van der Waals surface area contributed by atoms with Crippen molar-refractivity contribution >= 4 is 17.5 Å². The average molecular weight is 457 g/mol. The number of aliphatic imine (C=N–C) groups is 1. The molecule has 1 saturated heterocycles. The Bertz CT molecular complexity index is 959. The van der Waals surface area contributed by atoms with Crippen LogP contribution in [0.3, 0.4) is 0 Å². The number of methoxy groups -OCH3 is 1. The predicted molar refractivity (Wildman–Crippen MR) is 138 cm³/mol. The predicted octanol–water partition coefficient (Wildman–Crippen LogP) is 2.74. The fourth-order valence-electron chi connectivity index (χ4n) is 4.70. The van der Waals surface area contributed by atoms with Crippen molar-refractivity contribution in [3.05, 3.63) is 47.4 Å². The largest absolute Gasteiger partial charge is 0.507 e. The van der Waals surface area contributed by atoms with Gasteiger partial charge in [-0.2, -0.15) is 0 Å². The number of nitrogens with two attached hydrogens (primary N) is 3. The minimum absolute atomic E-state index is 0.00996. The molecule has 1 aromatic rings. The zero-order chi connectivity index (χ0) is 25.0. The van der Waals surface area contributed by atoms with Gasteiger partial charge in [-0.3, -0.25) is 4.99 Å². The molecule has 8 heteroatoms. The monoisotopic (exact) mass is 456 g/mol. The van der Waals surface area contributed by atoms with Gasteiger partial charge in [0.25, 0.3) is 0 Å². The van der Waals surface area contributed by atoms with E-state index < -0.39 is 0 Å². The molecule has 0 aliphatic carbocycles. The highest BCUT2D eigenvalue weighted by atomic mass is 16.5. The number of nitrogens with one attached hydrogen (secondary N) is 1. The van der Waals surface area contributed by atoms with Gasteiger partial charge in [0.05, 0.1) is 18.5 Å². The van der Waals surface area contributed by atoms with E-state index >= 15 is 0 Å². The van der Waals surface area contributed by atoms with Gasteiger partial charge >= 0.3 is 0 Å². The zero-order valence-electron chi connectivity index (χ0n) is 20.9. The number of ether oxygens (including phenoxy) is 1. The minimum Gasteiger partial charge on any atom is -0.507 e. The lowest BCUT2D eigenvalue weighted by molar-refractivity contribution is 0.0981. The van der Waals surface area contributed by atoms with E-state index in [0.717, 1.165) is 12.8 Å². The number of benzene rings is 1.